The Hall–Kier alpha value is -0.880. The summed E-state index contributed by atoms with van der Waals surface area (Å²) in [6, 6.07) is 0. The largest absolute Gasteiger partial charge is 0.481 e. The molecule has 0 amide bonds. The van der Waals surface area contributed by atoms with Gasteiger partial charge in [0.25, 0.3) is 0 Å². The molecule has 1 saturated heterocycles. The maximum Gasteiger partial charge on any atom is 0.310 e. The van der Waals surface area contributed by atoms with Gasteiger partial charge in [-0.2, -0.15) is 5.10 Å². The molecular formula is C15H24BrN3O2. The lowest BCUT2D eigenvalue weighted by molar-refractivity contribution is -0.148. The quantitative estimate of drug-likeness (QED) is 0.850. The van der Waals surface area contributed by atoms with E-state index < -0.39 is 11.4 Å². The second kappa shape index (κ2) is 6.48. The summed E-state index contributed by atoms with van der Waals surface area (Å²) in [6.45, 7) is 9.21. The SMILES string of the molecule is CCc1nn(CC)c(CN2CCC(CC)(C(=O)O)C2)c1Br. The smallest absolute Gasteiger partial charge is 0.310 e. The van der Waals surface area contributed by atoms with E-state index in [4.69, 9.17) is 0 Å². The van der Waals surface area contributed by atoms with Crippen molar-refractivity contribution in [2.45, 2.75) is 53.1 Å². The number of aryl methyl sites for hydroxylation is 2. The summed E-state index contributed by atoms with van der Waals surface area (Å²) < 4.78 is 3.10. The molecule has 1 aromatic rings. The normalized spacial score (nSPS) is 22.9. The van der Waals surface area contributed by atoms with Gasteiger partial charge >= 0.3 is 5.97 Å². The van der Waals surface area contributed by atoms with E-state index in [1.165, 1.54) is 0 Å². The average molecular weight is 358 g/mol. The number of halogens is 1. The maximum absolute atomic E-state index is 11.5. The van der Waals surface area contributed by atoms with Gasteiger partial charge in [-0.1, -0.05) is 13.8 Å². The van der Waals surface area contributed by atoms with Crippen molar-refractivity contribution in [3.8, 4) is 0 Å². The Bertz CT molecular complexity index is 529. The topological polar surface area (TPSA) is 58.4 Å². The molecule has 0 bridgehead atoms. The first kappa shape index (κ1) is 16.5. The minimum atomic E-state index is -0.662. The number of aromatic nitrogens is 2. The van der Waals surface area contributed by atoms with Crippen LogP contribution in [0.2, 0.25) is 0 Å². The number of rotatable bonds is 6. The highest BCUT2D eigenvalue weighted by molar-refractivity contribution is 9.10. The molecule has 5 nitrogen and oxygen atoms in total. The van der Waals surface area contributed by atoms with Crippen molar-refractivity contribution < 1.29 is 9.90 Å². The molecule has 0 radical (unpaired) electrons. The number of carboxylic acids is 1. The maximum atomic E-state index is 11.5. The molecule has 0 aromatic carbocycles. The van der Waals surface area contributed by atoms with Gasteiger partial charge in [0, 0.05) is 19.6 Å². The van der Waals surface area contributed by atoms with Crippen LogP contribution in [-0.4, -0.2) is 38.8 Å². The van der Waals surface area contributed by atoms with Crippen LogP contribution in [0.1, 0.15) is 45.0 Å². The molecule has 1 atom stereocenters. The predicted octanol–water partition coefficient (Wildman–Crippen LogP) is 2.91. The highest BCUT2D eigenvalue weighted by Gasteiger charge is 2.43. The monoisotopic (exact) mass is 357 g/mol. The van der Waals surface area contributed by atoms with Crippen LogP contribution < -0.4 is 0 Å². The average Bonchev–Trinajstić information content (AvgIpc) is 3.03. The zero-order valence-corrected chi connectivity index (χ0v) is 14.6. The molecule has 6 heteroatoms. The second-order valence-corrected chi connectivity index (χ2v) is 6.57. The van der Waals surface area contributed by atoms with Crippen molar-refractivity contribution >= 4 is 21.9 Å². The molecule has 1 unspecified atom stereocenters. The Balaban J connectivity index is 2.17. The summed E-state index contributed by atoms with van der Waals surface area (Å²) in [4.78, 5) is 13.8. The molecule has 0 saturated carbocycles. The molecular weight excluding hydrogens is 334 g/mol. The molecule has 1 N–H and O–H groups in total. The van der Waals surface area contributed by atoms with Crippen molar-refractivity contribution in [2.24, 2.45) is 5.41 Å². The van der Waals surface area contributed by atoms with Crippen molar-refractivity contribution in [3.63, 3.8) is 0 Å². The lowest BCUT2D eigenvalue weighted by Crippen LogP contribution is -2.34. The lowest BCUT2D eigenvalue weighted by Gasteiger charge is -2.23. The van der Waals surface area contributed by atoms with Crippen LogP contribution in [0.5, 0.6) is 0 Å². The summed E-state index contributed by atoms with van der Waals surface area (Å²) in [5, 5.41) is 14.1. The van der Waals surface area contributed by atoms with Crippen LogP contribution in [0.15, 0.2) is 4.47 Å². The Morgan fingerprint density at radius 1 is 1.43 bits per heavy atom. The summed E-state index contributed by atoms with van der Waals surface area (Å²) in [5.41, 5.74) is 1.66. The first-order chi connectivity index (χ1) is 9.97. The van der Waals surface area contributed by atoms with E-state index in [1.807, 2.05) is 11.6 Å². The molecule has 0 aliphatic carbocycles. The third kappa shape index (κ3) is 3.01. The molecule has 1 fully saturated rings. The molecule has 2 rings (SSSR count). The molecule has 1 aliphatic heterocycles. The summed E-state index contributed by atoms with van der Waals surface area (Å²) in [7, 11) is 0. The third-order valence-electron chi connectivity index (χ3n) is 4.63. The van der Waals surface area contributed by atoms with Crippen molar-refractivity contribution in [1.29, 1.82) is 0 Å². The number of carboxylic acid groups (broad SMARTS) is 1. The Labute approximate surface area is 134 Å². The van der Waals surface area contributed by atoms with Gasteiger partial charge in [-0.15, -0.1) is 0 Å². The van der Waals surface area contributed by atoms with Gasteiger partial charge in [-0.3, -0.25) is 14.4 Å². The van der Waals surface area contributed by atoms with Gasteiger partial charge in [0.2, 0.25) is 0 Å². The number of carbonyl (C=O) groups is 1. The zero-order chi connectivity index (χ0) is 15.6. The van der Waals surface area contributed by atoms with E-state index in [-0.39, 0.29) is 0 Å². The van der Waals surface area contributed by atoms with Crippen molar-refractivity contribution in [3.05, 3.63) is 15.9 Å². The Morgan fingerprint density at radius 3 is 2.62 bits per heavy atom. The van der Waals surface area contributed by atoms with Gasteiger partial charge < -0.3 is 5.11 Å². The van der Waals surface area contributed by atoms with E-state index in [2.05, 4.69) is 39.8 Å². The highest BCUT2D eigenvalue weighted by Crippen LogP contribution is 2.35. The number of aliphatic carboxylic acids is 1. The van der Waals surface area contributed by atoms with Crippen molar-refractivity contribution in [1.82, 2.24) is 14.7 Å². The first-order valence-electron chi connectivity index (χ1n) is 7.67. The van der Waals surface area contributed by atoms with Crippen LogP contribution in [-0.2, 0) is 24.3 Å². The van der Waals surface area contributed by atoms with Gasteiger partial charge in [0.15, 0.2) is 0 Å². The van der Waals surface area contributed by atoms with E-state index >= 15 is 0 Å². The van der Waals surface area contributed by atoms with Crippen LogP contribution in [0.25, 0.3) is 0 Å². The minimum absolute atomic E-state index is 0.572. The summed E-state index contributed by atoms with van der Waals surface area (Å²) >= 11 is 3.66. The lowest BCUT2D eigenvalue weighted by atomic mass is 9.84. The van der Waals surface area contributed by atoms with E-state index in [9.17, 15) is 9.90 Å². The minimum Gasteiger partial charge on any atom is -0.481 e. The van der Waals surface area contributed by atoms with E-state index in [1.54, 1.807) is 0 Å². The molecule has 1 aliphatic rings. The number of hydrogen-bond acceptors (Lipinski definition) is 3. The molecule has 1 aromatic heterocycles. The van der Waals surface area contributed by atoms with Crippen LogP contribution in [0.3, 0.4) is 0 Å². The molecule has 2 heterocycles. The second-order valence-electron chi connectivity index (χ2n) is 5.78. The first-order valence-corrected chi connectivity index (χ1v) is 8.46. The summed E-state index contributed by atoms with van der Waals surface area (Å²) in [6.07, 6.45) is 2.32. The molecule has 21 heavy (non-hydrogen) atoms. The fourth-order valence-corrected chi connectivity index (χ4v) is 3.78. The van der Waals surface area contributed by atoms with Crippen molar-refractivity contribution in [2.75, 3.05) is 13.1 Å². The van der Waals surface area contributed by atoms with Crippen LogP contribution in [0.4, 0.5) is 0 Å². The fraction of sp³-hybridized carbons (Fsp3) is 0.733. The zero-order valence-electron chi connectivity index (χ0n) is 13.0. The Kier molecular flexibility index (Phi) is 5.09. The van der Waals surface area contributed by atoms with Crippen LogP contribution in [0, 0.1) is 5.41 Å². The highest BCUT2D eigenvalue weighted by atomic mass is 79.9. The third-order valence-corrected chi connectivity index (χ3v) is 5.55. The van der Waals surface area contributed by atoms with Gasteiger partial charge in [0.1, 0.15) is 0 Å². The van der Waals surface area contributed by atoms with E-state index in [0.29, 0.717) is 13.0 Å². The standard InChI is InChI=1S/C15H24BrN3O2/c1-4-11-13(16)12(19(6-3)17-11)9-18-8-7-15(5-2,10-18)14(20)21/h4-10H2,1-3H3,(H,20,21). The molecule has 0 spiro atoms. The number of hydrogen-bond donors (Lipinski definition) is 1. The fourth-order valence-electron chi connectivity index (χ4n) is 3.09. The van der Waals surface area contributed by atoms with Crippen LogP contribution >= 0.6 is 15.9 Å². The van der Waals surface area contributed by atoms with E-state index in [0.717, 1.165) is 48.3 Å². The predicted molar refractivity (Wildman–Crippen MR) is 85.2 cm³/mol. The van der Waals surface area contributed by atoms with Gasteiger partial charge in [-0.25, -0.2) is 0 Å². The van der Waals surface area contributed by atoms with Gasteiger partial charge in [-0.05, 0) is 48.7 Å². The Morgan fingerprint density at radius 2 is 2.14 bits per heavy atom. The number of nitrogens with zero attached hydrogens (tertiary/aromatic N) is 3. The summed E-state index contributed by atoms with van der Waals surface area (Å²) in [5.74, 6) is -0.662. The molecule has 118 valence electrons. The van der Waals surface area contributed by atoms with Gasteiger partial charge in [0.05, 0.1) is 21.3 Å². The number of likely N-dealkylation sites (tertiary alicyclic amines) is 1.